The number of hydrogen-bond donors (Lipinski definition) is 1. The van der Waals surface area contributed by atoms with E-state index in [1.54, 1.807) is 18.3 Å². The molecule has 2 rings (SSSR count). The highest BCUT2D eigenvalue weighted by atomic mass is 35.5. The third-order valence-electron chi connectivity index (χ3n) is 2.70. The van der Waals surface area contributed by atoms with E-state index in [4.69, 9.17) is 39.5 Å². The maximum atomic E-state index is 9.50. The zero-order valence-electron chi connectivity index (χ0n) is 9.95. The molecule has 1 aromatic heterocycles. The number of hydrogen-bond acceptors (Lipinski definition) is 3. The van der Waals surface area contributed by atoms with Crippen molar-refractivity contribution in [3.8, 4) is 16.9 Å². The first-order chi connectivity index (χ1) is 9.08. The van der Waals surface area contributed by atoms with Crippen molar-refractivity contribution in [1.82, 2.24) is 4.98 Å². The minimum Gasteiger partial charge on any atom is -0.495 e. The normalized spacial score (nSPS) is 10.6. The molecular formula is C13H10Cl3NO2. The lowest BCUT2D eigenvalue weighted by molar-refractivity contribution is 0.274. The van der Waals surface area contributed by atoms with E-state index in [0.29, 0.717) is 37.5 Å². The zero-order valence-corrected chi connectivity index (χ0v) is 12.2. The predicted octanol–water partition coefficient (Wildman–Crippen LogP) is 4.21. The minimum absolute atomic E-state index is 0.197. The highest BCUT2D eigenvalue weighted by molar-refractivity contribution is 6.44. The molecule has 0 spiro atoms. The molecule has 0 saturated heterocycles. The first-order valence-electron chi connectivity index (χ1n) is 5.35. The number of methoxy groups -OCH3 is 1. The molecule has 2 aromatic rings. The molecule has 0 unspecified atom stereocenters. The Kier molecular flexibility index (Phi) is 4.53. The second-order valence-electron chi connectivity index (χ2n) is 3.77. The standard InChI is InChI=1S/C13H10Cl3NO2/c1-19-13-5-17-4-8(9(13)6-18)7-2-11(15)12(16)3-10(7)14/h2-5,18H,6H2,1H3. The number of aromatic nitrogens is 1. The second kappa shape index (κ2) is 5.97. The lowest BCUT2D eigenvalue weighted by atomic mass is 10.0. The van der Waals surface area contributed by atoms with E-state index in [-0.39, 0.29) is 6.61 Å². The summed E-state index contributed by atoms with van der Waals surface area (Å²) in [6, 6.07) is 3.20. The van der Waals surface area contributed by atoms with E-state index < -0.39 is 0 Å². The van der Waals surface area contributed by atoms with Crippen molar-refractivity contribution in [2.75, 3.05) is 7.11 Å². The van der Waals surface area contributed by atoms with Crippen LogP contribution in [0.1, 0.15) is 5.56 Å². The summed E-state index contributed by atoms with van der Waals surface area (Å²) in [5, 5.41) is 10.7. The number of aliphatic hydroxyl groups is 1. The first-order valence-corrected chi connectivity index (χ1v) is 6.48. The van der Waals surface area contributed by atoms with Crippen LogP contribution in [0, 0.1) is 0 Å². The average Bonchev–Trinajstić information content (AvgIpc) is 2.41. The molecule has 1 N–H and O–H groups in total. The molecule has 100 valence electrons. The number of benzene rings is 1. The number of halogens is 3. The van der Waals surface area contributed by atoms with Gasteiger partial charge in [0.15, 0.2) is 0 Å². The molecular weight excluding hydrogens is 309 g/mol. The summed E-state index contributed by atoms with van der Waals surface area (Å²) in [5.41, 5.74) is 1.90. The number of rotatable bonds is 3. The number of aliphatic hydroxyl groups excluding tert-OH is 1. The lowest BCUT2D eigenvalue weighted by Gasteiger charge is -2.13. The van der Waals surface area contributed by atoms with Gasteiger partial charge in [0, 0.05) is 22.9 Å². The summed E-state index contributed by atoms with van der Waals surface area (Å²) >= 11 is 18.1. The molecule has 1 aromatic carbocycles. The Morgan fingerprint density at radius 3 is 2.37 bits per heavy atom. The summed E-state index contributed by atoms with van der Waals surface area (Å²) in [4.78, 5) is 4.06. The Labute approximate surface area is 125 Å². The van der Waals surface area contributed by atoms with Gasteiger partial charge in [-0.25, -0.2) is 0 Å². The smallest absolute Gasteiger partial charge is 0.143 e. The van der Waals surface area contributed by atoms with Crippen molar-refractivity contribution in [2.24, 2.45) is 0 Å². The van der Waals surface area contributed by atoms with E-state index in [2.05, 4.69) is 4.98 Å². The van der Waals surface area contributed by atoms with E-state index in [1.807, 2.05) is 0 Å². The van der Waals surface area contributed by atoms with Gasteiger partial charge in [0.1, 0.15) is 5.75 Å². The third kappa shape index (κ3) is 2.79. The quantitative estimate of drug-likeness (QED) is 0.862. The van der Waals surface area contributed by atoms with Gasteiger partial charge in [-0.05, 0) is 12.1 Å². The van der Waals surface area contributed by atoms with E-state index >= 15 is 0 Å². The Hall–Kier alpha value is -1.000. The highest BCUT2D eigenvalue weighted by Crippen LogP contribution is 2.38. The van der Waals surface area contributed by atoms with Crippen LogP contribution in [0.3, 0.4) is 0 Å². The molecule has 0 aliphatic rings. The predicted molar refractivity (Wildman–Crippen MR) is 77.2 cm³/mol. The maximum Gasteiger partial charge on any atom is 0.143 e. The molecule has 1 heterocycles. The van der Waals surface area contributed by atoms with E-state index in [0.717, 1.165) is 0 Å². The molecule has 0 bridgehead atoms. The lowest BCUT2D eigenvalue weighted by Crippen LogP contribution is -1.97. The fraction of sp³-hybridized carbons (Fsp3) is 0.154. The van der Waals surface area contributed by atoms with Gasteiger partial charge in [-0.1, -0.05) is 34.8 Å². The maximum absolute atomic E-state index is 9.50. The van der Waals surface area contributed by atoms with Crippen molar-refractivity contribution in [2.45, 2.75) is 6.61 Å². The summed E-state index contributed by atoms with van der Waals surface area (Å²) < 4.78 is 5.17. The first kappa shape index (κ1) is 14.4. The molecule has 19 heavy (non-hydrogen) atoms. The summed E-state index contributed by atoms with van der Waals surface area (Å²) in [5.74, 6) is 0.488. The van der Waals surface area contributed by atoms with Crippen LogP contribution >= 0.6 is 34.8 Å². The molecule has 6 heteroatoms. The second-order valence-corrected chi connectivity index (χ2v) is 4.99. The van der Waals surface area contributed by atoms with E-state index in [9.17, 15) is 5.11 Å². The molecule has 0 aliphatic heterocycles. The third-order valence-corrected chi connectivity index (χ3v) is 3.73. The molecule has 0 amide bonds. The van der Waals surface area contributed by atoms with Gasteiger partial charge >= 0.3 is 0 Å². The van der Waals surface area contributed by atoms with Crippen molar-refractivity contribution >= 4 is 34.8 Å². The van der Waals surface area contributed by atoms with Crippen molar-refractivity contribution in [3.05, 3.63) is 45.2 Å². The van der Waals surface area contributed by atoms with Crippen molar-refractivity contribution < 1.29 is 9.84 Å². The fourth-order valence-corrected chi connectivity index (χ4v) is 2.42. The Morgan fingerprint density at radius 1 is 1.05 bits per heavy atom. The van der Waals surface area contributed by atoms with Crippen LogP contribution < -0.4 is 4.74 Å². The van der Waals surface area contributed by atoms with Crippen LogP contribution in [0.25, 0.3) is 11.1 Å². The Bertz CT molecular complexity index is 617. The minimum atomic E-state index is -0.197. The van der Waals surface area contributed by atoms with E-state index in [1.165, 1.54) is 13.3 Å². The Morgan fingerprint density at radius 2 is 1.74 bits per heavy atom. The summed E-state index contributed by atoms with van der Waals surface area (Å²) in [6.07, 6.45) is 3.13. The summed E-state index contributed by atoms with van der Waals surface area (Å²) in [6.45, 7) is -0.197. The van der Waals surface area contributed by atoms with Gasteiger partial charge in [-0.2, -0.15) is 0 Å². The van der Waals surface area contributed by atoms with Gasteiger partial charge in [0.25, 0.3) is 0 Å². The summed E-state index contributed by atoms with van der Waals surface area (Å²) in [7, 11) is 1.51. The zero-order chi connectivity index (χ0) is 14.0. The van der Waals surface area contributed by atoms with Crippen molar-refractivity contribution in [1.29, 1.82) is 0 Å². The van der Waals surface area contributed by atoms with Gasteiger partial charge in [-0.15, -0.1) is 0 Å². The van der Waals surface area contributed by atoms with Crippen LogP contribution in [-0.4, -0.2) is 17.2 Å². The van der Waals surface area contributed by atoms with Gasteiger partial charge in [-0.3, -0.25) is 4.98 Å². The van der Waals surface area contributed by atoms with Gasteiger partial charge in [0.05, 0.1) is 35.0 Å². The van der Waals surface area contributed by atoms with Crippen LogP contribution in [0.2, 0.25) is 15.1 Å². The van der Waals surface area contributed by atoms with Crippen molar-refractivity contribution in [3.63, 3.8) is 0 Å². The number of ether oxygens (including phenoxy) is 1. The largest absolute Gasteiger partial charge is 0.495 e. The van der Waals surface area contributed by atoms with Crippen LogP contribution in [0.4, 0.5) is 0 Å². The van der Waals surface area contributed by atoms with Crippen LogP contribution in [-0.2, 0) is 6.61 Å². The molecule has 0 fully saturated rings. The molecule has 3 nitrogen and oxygen atoms in total. The number of pyridine rings is 1. The topological polar surface area (TPSA) is 42.4 Å². The highest BCUT2D eigenvalue weighted by Gasteiger charge is 2.15. The monoisotopic (exact) mass is 317 g/mol. The molecule has 0 saturated carbocycles. The van der Waals surface area contributed by atoms with Gasteiger partial charge < -0.3 is 9.84 Å². The SMILES string of the molecule is COc1cncc(-c2cc(Cl)c(Cl)cc2Cl)c1CO. The molecule has 0 aliphatic carbocycles. The number of nitrogens with zero attached hydrogens (tertiary/aromatic N) is 1. The average molecular weight is 319 g/mol. The fourth-order valence-electron chi connectivity index (χ4n) is 1.77. The van der Waals surface area contributed by atoms with Crippen LogP contribution in [0.5, 0.6) is 5.75 Å². The molecule has 0 radical (unpaired) electrons. The van der Waals surface area contributed by atoms with Crippen LogP contribution in [0.15, 0.2) is 24.5 Å². The Balaban J connectivity index is 2.68. The van der Waals surface area contributed by atoms with Gasteiger partial charge in [0.2, 0.25) is 0 Å². The molecule has 0 atom stereocenters.